The van der Waals surface area contributed by atoms with Gasteiger partial charge in [0, 0.05) is 5.69 Å². The van der Waals surface area contributed by atoms with Gasteiger partial charge in [0.05, 0.1) is 10.0 Å². The van der Waals surface area contributed by atoms with Crippen LogP contribution in [0, 0.1) is 0 Å². The van der Waals surface area contributed by atoms with Crippen molar-refractivity contribution in [3.8, 4) is 5.75 Å². The fourth-order valence-corrected chi connectivity index (χ4v) is 3.50. The highest BCUT2D eigenvalue weighted by atomic mass is 35.5. The number of hydrogen-bond acceptors (Lipinski definition) is 3. The average molecular weight is 407 g/mol. The van der Waals surface area contributed by atoms with Gasteiger partial charge in [-0.05, 0) is 43.2 Å². The zero-order valence-electron chi connectivity index (χ0n) is 14.6. The second kappa shape index (κ2) is 8.63. The van der Waals surface area contributed by atoms with Gasteiger partial charge < -0.3 is 15.4 Å². The summed E-state index contributed by atoms with van der Waals surface area (Å²) in [6.07, 6.45) is 3.17. The van der Waals surface area contributed by atoms with Crippen LogP contribution in [0.4, 0.5) is 10.5 Å². The lowest BCUT2D eigenvalue weighted by Gasteiger charge is -2.36. The highest BCUT2D eigenvalue weighted by Crippen LogP contribution is 2.31. The molecule has 142 valence electrons. The number of carbonyl (C=O) groups excluding carboxylic acids is 2. The van der Waals surface area contributed by atoms with E-state index in [0.717, 1.165) is 19.3 Å². The Morgan fingerprint density at radius 2 is 1.63 bits per heavy atom. The number of benzene rings is 2. The molecule has 3 rings (SSSR count). The van der Waals surface area contributed by atoms with E-state index in [4.69, 9.17) is 27.9 Å². The molecule has 0 radical (unpaired) electrons. The number of anilines is 1. The molecule has 0 aliphatic heterocycles. The minimum atomic E-state index is -1.02. The first-order valence-electron chi connectivity index (χ1n) is 8.80. The van der Waals surface area contributed by atoms with Crippen LogP contribution in [0.25, 0.3) is 0 Å². The molecule has 2 aromatic rings. The Hall–Kier alpha value is -2.24. The highest BCUT2D eigenvalue weighted by molar-refractivity contribution is 6.42. The van der Waals surface area contributed by atoms with Gasteiger partial charge in [-0.3, -0.25) is 4.79 Å². The molecule has 1 aliphatic carbocycles. The molecule has 0 aromatic heterocycles. The third kappa shape index (κ3) is 4.93. The molecule has 1 fully saturated rings. The van der Waals surface area contributed by atoms with Crippen molar-refractivity contribution in [3.05, 3.63) is 58.6 Å². The van der Waals surface area contributed by atoms with Crippen molar-refractivity contribution in [1.29, 1.82) is 0 Å². The van der Waals surface area contributed by atoms with E-state index in [1.165, 1.54) is 0 Å². The van der Waals surface area contributed by atoms with Gasteiger partial charge in [-0.25, -0.2) is 4.79 Å². The molecule has 0 spiro atoms. The summed E-state index contributed by atoms with van der Waals surface area (Å²) in [5.41, 5.74) is -0.492. The molecule has 2 N–H and O–H groups in total. The van der Waals surface area contributed by atoms with Crippen LogP contribution in [0.15, 0.2) is 48.5 Å². The molecule has 0 unspecified atom stereocenters. The van der Waals surface area contributed by atoms with E-state index >= 15 is 0 Å². The first-order valence-corrected chi connectivity index (χ1v) is 9.56. The van der Waals surface area contributed by atoms with E-state index in [2.05, 4.69) is 10.6 Å². The number of nitrogens with one attached hydrogen (secondary N) is 2. The number of rotatable bonds is 4. The summed E-state index contributed by atoms with van der Waals surface area (Å²) in [7, 11) is 0. The van der Waals surface area contributed by atoms with Gasteiger partial charge in [0.25, 0.3) is 0 Å². The van der Waals surface area contributed by atoms with Gasteiger partial charge in [-0.15, -0.1) is 0 Å². The smallest absolute Gasteiger partial charge is 0.410 e. The Balaban J connectivity index is 1.74. The summed E-state index contributed by atoms with van der Waals surface area (Å²) in [5.74, 6) is 0.136. The number of hydrogen-bond donors (Lipinski definition) is 2. The molecule has 0 heterocycles. The van der Waals surface area contributed by atoms with Gasteiger partial charge in [-0.2, -0.15) is 0 Å². The molecule has 1 saturated carbocycles. The van der Waals surface area contributed by atoms with Gasteiger partial charge in [0.2, 0.25) is 5.91 Å². The topological polar surface area (TPSA) is 67.4 Å². The SMILES string of the molecule is O=C(NC1(C(=O)Nc2ccc(Cl)c(Cl)c2)CCCCC1)Oc1ccccc1. The number of carbonyl (C=O) groups is 2. The first kappa shape index (κ1) is 19.5. The minimum absolute atomic E-state index is 0.286. The van der Waals surface area contributed by atoms with Crippen LogP contribution in [-0.4, -0.2) is 17.5 Å². The molecule has 0 bridgehead atoms. The summed E-state index contributed by atoms with van der Waals surface area (Å²) in [6.45, 7) is 0. The Kier molecular flexibility index (Phi) is 6.24. The normalized spacial score (nSPS) is 15.6. The van der Waals surface area contributed by atoms with Crippen molar-refractivity contribution >= 4 is 40.9 Å². The molecule has 0 saturated heterocycles. The molecular formula is C20H20Cl2N2O3. The van der Waals surface area contributed by atoms with Crippen LogP contribution in [0.3, 0.4) is 0 Å². The van der Waals surface area contributed by atoms with Crippen molar-refractivity contribution < 1.29 is 14.3 Å². The van der Waals surface area contributed by atoms with Crippen LogP contribution in [0.5, 0.6) is 5.75 Å². The standard InChI is InChI=1S/C20H20Cl2N2O3/c21-16-10-9-14(13-17(16)22)23-18(25)20(11-5-2-6-12-20)24-19(26)27-15-7-3-1-4-8-15/h1,3-4,7-10,13H,2,5-6,11-12H2,(H,23,25)(H,24,26). The van der Waals surface area contributed by atoms with Gasteiger partial charge in [0.15, 0.2) is 0 Å². The third-order valence-electron chi connectivity index (χ3n) is 4.61. The quantitative estimate of drug-likeness (QED) is 0.711. The highest BCUT2D eigenvalue weighted by Gasteiger charge is 2.41. The lowest BCUT2D eigenvalue weighted by Crippen LogP contribution is -2.58. The van der Waals surface area contributed by atoms with Crippen LogP contribution in [-0.2, 0) is 4.79 Å². The monoisotopic (exact) mass is 406 g/mol. The maximum atomic E-state index is 13.0. The number of amides is 2. The predicted molar refractivity (Wildman–Crippen MR) is 107 cm³/mol. The number of halogens is 2. The Bertz CT molecular complexity index is 821. The van der Waals surface area contributed by atoms with Crippen molar-refractivity contribution in [2.75, 3.05) is 5.32 Å². The van der Waals surface area contributed by atoms with Gasteiger partial charge in [0.1, 0.15) is 11.3 Å². The molecule has 5 nitrogen and oxygen atoms in total. The predicted octanol–water partition coefficient (Wildman–Crippen LogP) is 5.42. The van der Waals surface area contributed by atoms with Crippen LogP contribution >= 0.6 is 23.2 Å². The molecule has 0 atom stereocenters. The lowest BCUT2D eigenvalue weighted by atomic mass is 9.81. The average Bonchev–Trinajstić information content (AvgIpc) is 2.66. The van der Waals surface area contributed by atoms with E-state index in [9.17, 15) is 9.59 Å². The van der Waals surface area contributed by atoms with Crippen molar-refractivity contribution in [1.82, 2.24) is 5.32 Å². The van der Waals surface area contributed by atoms with Crippen LogP contribution < -0.4 is 15.4 Å². The molecule has 27 heavy (non-hydrogen) atoms. The van der Waals surface area contributed by atoms with Crippen LogP contribution in [0.1, 0.15) is 32.1 Å². The largest absolute Gasteiger partial charge is 0.413 e. The Labute approximate surface area is 168 Å². The molecule has 2 amide bonds. The number of para-hydroxylation sites is 1. The van der Waals surface area contributed by atoms with Crippen molar-refractivity contribution in [2.24, 2.45) is 0 Å². The summed E-state index contributed by atoms with van der Waals surface area (Å²) in [4.78, 5) is 25.4. The summed E-state index contributed by atoms with van der Waals surface area (Å²) in [6, 6.07) is 13.6. The van der Waals surface area contributed by atoms with E-state index in [1.54, 1.807) is 42.5 Å². The molecule has 1 aliphatic rings. The maximum absolute atomic E-state index is 13.0. The van der Waals surface area contributed by atoms with E-state index < -0.39 is 11.6 Å². The van der Waals surface area contributed by atoms with E-state index in [0.29, 0.717) is 34.3 Å². The Morgan fingerprint density at radius 3 is 2.30 bits per heavy atom. The summed E-state index contributed by atoms with van der Waals surface area (Å²) in [5, 5.41) is 6.39. The summed E-state index contributed by atoms with van der Waals surface area (Å²) < 4.78 is 5.31. The van der Waals surface area contributed by atoms with Gasteiger partial charge in [-0.1, -0.05) is 60.7 Å². The zero-order chi connectivity index (χ0) is 19.3. The first-order chi connectivity index (χ1) is 13.0. The van der Waals surface area contributed by atoms with Crippen LogP contribution in [0.2, 0.25) is 10.0 Å². The second-order valence-electron chi connectivity index (χ2n) is 6.55. The molecular weight excluding hydrogens is 387 g/mol. The fourth-order valence-electron chi connectivity index (χ4n) is 3.21. The zero-order valence-corrected chi connectivity index (χ0v) is 16.1. The fraction of sp³-hybridized carbons (Fsp3) is 0.300. The minimum Gasteiger partial charge on any atom is -0.410 e. The van der Waals surface area contributed by atoms with Gasteiger partial charge >= 0.3 is 6.09 Å². The lowest BCUT2D eigenvalue weighted by molar-refractivity contribution is -0.123. The Morgan fingerprint density at radius 1 is 0.926 bits per heavy atom. The van der Waals surface area contributed by atoms with Crippen molar-refractivity contribution in [3.63, 3.8) is 0 Å². The molecule has 7 heteroatoms. The summed E-state index contributed by atoms with van der Waals surface area (Å²) >= 11 is 11.9. The van der Waals surface area contributed by atoms with Crippen molar-refractivity contribution in [2.45, 2.75) is 37.6 Å². The maximum Gasteiger partial charge on any atom is 0.413 e. The van der Waals surface area contributed by atoms with E-state index in [-0.39, 0.29) is 5.91 Å². The number of ether oxygens (including phenoxy) is 1. The molecule has 2 aromatic carbocycles. The van der Waals surface area contributed by atoms with E-state index in [1.807, 2.05) is 6.07 Å². The third-order valence-corrected chi connectivity index (χ3v) is 5.35. The second-order valence-corrected chi connectivity index (χ2v) is 7.37.